The predicted molar refractivity (Wildman–Crippen MR) is 445 cm³/mol. The Morgan fingerprint density at radius 2 is 0.775 bits per heavy atom. The van der Waals surface area contributed by atoms with Gasteiger partial charge in [0.15, 0.2) is 12.1 Å². The first kappa shape index (κ1) is 113. The molecule has 55 heteroatoms. The van der Waals surface area contributed by atoms with E-state index in [0.29, 0.717) is 6.42 Å². The number of alkyl carbamates (subject to hydrolysis) is 4. The van der Waals surface area contributed by atoms with E-state index in [0.717, 1.165) is 49.2 Å². The molecule has 10 saturated heterocycles. The van der Waals surface area contributed by atoms with Crippen molar-refractivity contribution in [1.29, 1.82) is 0 Å². The summed E-state index contributed by atoms with van der Waals surface area (Å²) in [6.07, 6.45) is -30.9. The van der Waals surface area contributed by atoms with E-state index in [1.54, 1.807) is 34.6 Å². The maximum atomic E-state index is 14.5. The van der Waals surface area contributed by atoms with Gasteiger partial charge in [0.2, 0.25) is 0 Å². The highest BCUT2D eigenvalue weighted by atomic mass is 16.8. The fourth-order valence-corrected chi connectivity index (χ4v) is 18.4. The smallest absolute Gasteiger partial charge is 0.407 e. The van der Waals surface area contributed by atoms with Crippen molar-refractivity contribution in [3.63, 3.8) is 0 Å². The van der Waals surface area contributed by atoms with E-state index >= 15 is 0 Å². The van der Waals surface area contributed by atoms with Crippen molar-refractivity contribution in [2.45, 2.75) is 322 Å². The van der Waals surface area contributed by atoms with Crippen LogP contribution in [0.2, 0.25) is 0 Å². The molecule has 0 spiro atoms. The minimum Gasteiger partial charge on any atom is -0.465 e. The van der Waals surface area contributed by atoms with Gasteiger partial charge in [-0.2, -0.15) is 9.59 Å². The third-order valence-electron chi connectivity index (χ3n) is 25.6. The Hall–Kier alpha value is -9.92. The van der Waals surface area contributed by atoms with E-state index in [9.17, 15) is 88.2 Å². The summed E-state index contributed by atoms with van der Waals surface area (Å²) in [6, 6.07) is -4.27. The maximum Gasteiger partial charge on any atom is 0.407 e. The average molecular weight is 1980 g/mol. The number of rotatable bonds is 44. The van der Waals surface area contributed by atoms with Crippen molar-refractivity contribution in [3.05, 3.63) is 20.9 Å². The molecule has 0 aromatic heterocycles. The van der Waals surface area contributed by atoms with Gasteiger partial charge in [-0.15, -0.1) is 0 Å². The molecule has 11 N–H and O–H groups in total. The molecule has 36 atom stereocenters. The van der Waals surface area contributed by atoms with Gasteiger partial charge >= 0.3 is 78.3 Å². The monoisotopic (exact) mass is 1980 g/mol. The summed E-state index contributed by atoms with van der Waals surface area (Å²) in [5, 5.41) is 88.9. The van der Waals surface area contributed by atoms with E-state index in [1.165, 1.54) is 27.7 Å². The molecule has 778 valence electrons. The molecule has 6 unspecified atom stereocenters. The molecule has 0 aromatic rings. The normalized spacial score (nSPS) is 34.6. The van der Waals surface area contributed by atoms with Crippen LogP contribution >= 0.6 is 0 Å². The highest BCUT2D eigenvalue weighted by Crippen LogP contribution is 2.48. The van der Waals surface area contributed by atoms with Gasteiger partial charge in [0, 0.05) is 99.0 Å². The van der Waals surface area contributed by atoms with E-state index in [-0.39, 0.29) is 64.6 Å². The van der Waals surface area contributed by atoms with E-state index in [1.807, 2.05) is 0 Å². The predicted octanol–water partition coefficient (Wildman–Crippen LogP) is -0.838. The number of methoxy groups -OCH3 is 4. The first-order valence-corrected chi connectivity index (χ1v) is 44.7. The van der Waals surface area contributed by atoms with Gasteiger partial charge in [-0.3, -0.25) is 19.2 Å². The number of aliphatic hydroxyl groups is 7. The fourth-order valence-electron chi connectivity index (χ4n) is 18.4. The lowest BCUT2D eigenvalue weighted by Gasteiger charge is -2.48. The van der Waals surface area contributed by atoms with E-state index < -0.39 is 341 Å². The van der Waals surface area contributed by atoms with Crippen LogP contribution in [0.4, 0.5) is 19.2 Å². The number of nitrogens with one attached hydrogen (secondary N) is 4. The molecule has 0 aromatic carbocycles. The molecule has 138 heavy (non-hydrogen) atoms. The molecular weight excluding hydrogens is 1860 g/mol. The number of carbonyl (C=O) groups excluding carboxylic acids is 14. The zero-order valence-electron chi connectivity index (χ0n) is 79.0. The zero-order valence-corrected chi connectivity index (χ0v) is 79.0. The quantitative estimate of drug-likeness (QED) is 0.00885. The van der Waals surface area contributed by atoms with Gasteiger partial charge in [0.25, 0.3) is 23.1 Å². The second kappa shape index (κ2) is 50.5. The highest BCUT2D eigenvalue weighted by Gasteiger charge is 2.66. The van der Waals surface area contributed by atoms with Crippen LogP contribution in [0.25, 0.3) is 20.9 Å². The van der Waals surface area contributed by atoms with Crippen LogP contribution in [0.5, 0.6) is 0 Å². The summed E-state index contributed by atoms with van der Waals surface area (Å²) in [5.74, 6) is -24.5. The topological polar surface area (TPSA) is 748 Å². The van der Waals surface area contributed by atoms with Gasteiger partial charge < -0.3 is 171 Å². The lowest BCUT2D eigenvalue weighted by molar-refractivity contribution is -0.322. The standard InChI is InChI=1S/C60H85N7O32.C22H41N3O11.CO2/c1-14-33(88-29(6)68)25(2)45-41-35(93-53(76)63-41)19-58(97-45,50(73)81-11)85-23-39(90-31(8)70)27(4)47-43-37(95-55(78)65-43)21-60(99-47,52(75)83-13)87-24-40(91-32(9)71)28(5)48-44-36(94-56(79)66-44)20-59(98-48,51(74)82-12)86-22-38(89-30(7)69)26(3)46-42-34(92-54(77)64-42)18-57(96-46,49(72)80-10)84-17-15-16-62-67-61;1-11-13(27)7-17(35-20(11)18(31)15(29)9-26)33-10-16(30)19(32)21-12(2)14(28)8-22(3,36-21)34-6-4-5-24-25-23;2-1-3/h25-28,33-48H,14-24H2,1-13H3,(H,63,76)(H,64,77)(H,65,78)(H,66,79);11-21,26-32H,4-10H2,1-3H3;/t25-,26-,27-,28-,33-,34-,35-,36-,37-,38-,39-,40-,41-,42-,43-,44-,45?,46?,47?,48?,57-,58-,59-,60-;11-,12-,13-,14-,15-,16-,17+,18-,19-,20?,21?,22+;/m11./s1. The Kier molecular flexibility index (Phi) is 41.5. The summed E-state index contributed by atoms with van der Waals surface area (Å²) in [5.41, 5.74) is 17.1. The molecule has 10 rings (SSSR count). The van der Waals surface area contributed by atoms with Crippen molar-refractivity contribution in [2.24, 2.45) is 45.7 Å². The number of aliphatic hydroxyl groups excluding tert-OH is 7. The number of hydrogen-bond acceptors (Lipinski definition) is 47. The number of amides is 4. The van der Waals surface area contributed by atoms with Crippen LogP contribution in [0.1, 0.15) is 141 Å². The molecule has 0 radical (unpaired) electrons. The Bertz CT molecular complexity index is 4320. The average Bonchev–Trinajstić information content (AvgIpc) is 1.54. The molecule has 10 aliphatic rings. The van der Waals surface area contributed by atoms with Crippen molar-refractivity contribution in [3.8, 4) is 0 Å². The molecule has 0 saturated carbocycles. The van der Waals surface area contributed by atoms with Crippen molar-refractivity contribution in [2.75, 3.05) is 87.8 Å². The van der Waals surface area contributed by atoms with E-state index in [4.69, 9.17) is 139 Å². The summed E-state index contributed by atoms with van der Waals surface area (Å²) < 4.78 is 141. The van der Waals surface area contributed by atoms with Crippen LogP contribution in [0, 0.1) is 35.5 Å². The van der Waals surface area contributed by atoms with Crippen LogP contribution < -0.4 is 21.3 Å². The van der Waals surface area contributed by atoms with Gasteiger partial charge in [-0.05, 0) is 37.2 Å². The third kappa shape index (κ3) is 27.7. The van der Waals surface area contributed by atoms with Crippen molar-refractivity contribution >= 4 is 78.3 Å². The largest absolute Gasteiger partial charge is 0.465 e. The second-order valence-electron chi connectivity index (χ2n) is 35.0. The molecule has 10 aliphatic heterocycles. The lowest BCUT2D eigenvalue weighted by Crippen LogP contribution is -2.66. The fraction of sp³-hybridized carbons (Fsp3) is 0.843. The van der Waals surface area contributed by atoms with Gasteiger partial charge in [-0.1, -0.05) is 58.7 Å². The van der Waals surface area contributed by atoms with Crippen LogP contribution in [0.15, 0.2) is 10.2 Å². The first-order valence-electron chi connectivity index (χ1n) is 44.7. The first-order chi connectivity index (χ1) is 65.2. The maximum absolute atomic E-state index is 14.5. The summed E-state index contributed by atoms with van der Waals surface area (Å²) in [6.45, 7) is 13.9. The van der Waals surface area contributed by atoms with Crippen LogP contribution in [0.3, 0.4) is 0 Å². The highest BCUT2D eigenvalue weighted by molar-refractivity contribution is 5.81. The summed E-state index contributed by atoms with van der Waals surface area (Å²) in [4.78, 5) is 182. The molecule has 10 heterocycles. The number of ether oxygens (including phenoxy) is 24. The van der Waals surface area contributed by atoms with Gasteiger partial charge in [0.05, 0.1) is 173 Å². The van der Waals surface area contributed by atoms with Crippen molar-refractivity contribution < 1.29 is 217 Å². The number of hydrogen-bond donors (Lipinski definition) is 11. The zero-order chi connectivity index (χ0) is 102. The number of fused-ring (bicyclic) bond motifs is 4. The van der Waals surface area contributed by atoms with Crippen LogP contribution in [-0.2, 0) is 162 Å². The molecule has 4 amide bonds. The minimum atomic E-state index is -2.62. The SMILES string of the molecule is CC[C@@H](OC(C)=O)[C@@H](C)C1O[C@@](OC[C@@H](OC(C)=O)[C@@H](C)C2O[C@@](OC[C@@H](OC(C)=O)[C@@H](C)C3O[C@@](OC[C@@H](OC(C)=O)[C@@H](C)C4O[C@@](OCCCN=[N+]=[N-])(C(=O)OC)C[C@H]5OC(=O)N[C@@H]45)(C(=O)OC)C[C@H]4OC(=O)N[C@@H]34)(C(=O)OC)C[C@H]3OC(=O)N[C@@H]23)(C(=O)OC)C[C@H]2OC(=O)N[C@@H]12.C[C@H]1C([C@H](O)[C@H](O)CO)O[C@H](OC[C@@H](O)[C@@H](O)C2O[C@](C)(OCCCN=[N+]=[N-])C[C@@H](O)[C@H]2C)C[C@H]1O.O=C=O. The van der Waals surface area contributed by atoms with E-state index in [2.05, 4.69) is 41.3 Å². The Morgan fingerprint density at radius 3 is 1.09 bits per heavy atom. The molecule has 0 aliphatic carbocycles. The Balaban J connectivity index is 0.000000499. The summed E-state index contributed by atoms with van der Waals surface area (Å²) in [7, 11) is 4.10. The molecule has 55 nitrogen and oxygen atoms in total. The summed E-state index contributed by atoms with van der Waals surface area (Å²) >= 11 is 0. The second-order valence-corrected chi connectivity index (χ2v) is 35.0. The van der Waals surface area contributed by atoms with Crippen molar-refractivity contribution in [1.82, 2.24) is 21.3 Å². The number of carbonyl (C=O) groups is 12. The Morgan fingerprint density at radius 1 is 0.464 bits per heavy atom. The molecule has 0 bridgehead atoms. The van der Waals surface area contributed by atoms with Gasteiger partial charge in [0.1, 0.15) is 73.2 Å². The number of azide groups is 2. The molecule has 10 fully saturated rings. The van der Waals surface area contributed by atoms with Gasteiger partial charge in [-0.25, -0.2) is 38.4 Å². The van der Waals surface area contributed by atoms with Crippen LogP contribution in [-0.4, -0.2) is 383 Å². The third-order valence-corrected chi connectivity index (χ3v) is 25.6. The molecular formula is C83H126N10O45. The Labute approximate surface area is 790 Å². The minimum absolute atomic E-state index is 0.0270. The lowest BCUT2D eigenvalue weighted by atomic mass is 9.83. The number of nitrogens with zero attached hydrogens (tertiary/aromatic N) is 6. The number of esters is 8.